The van der Waals surface area contributed by atoms with Gasteiger partial charge < -0.3 is 4.42 Å². The SMILES string of the molecule is O=c1oc2ccc(Cl)cc2cc1-c1ccccn1. The lowest BCUT2D eigenvalue weighted by molar-refractivity contribution is 0.563. The molecule has 0 aliphatic heterocycles. The molecule has 0 saturated heterocycles. The van der Waals surface area contributed by atoms with Crippen LogP contribution in [0.4, 0.5) is 0 Å². The summed E-state index contributed by atoms with van der Waals surface area (Å²) < 4.78 is 5.25. The summed E-state index contributed by atoms with van der Waals surface area (Å²) in [6.07, 6.45) is 1.64. The van der Waals surface area contributed by atoms with Gasteiger partial charge in [-0.25, -0.2) is 4.79 Å². The summed E-state index contributed by atoms with van der Waals surface area (Å²) in [6.45, 7) is 0. The van der Waals surface area contributed by atoms with Gasteiger partial charge in [-0.05, 0) is 36.4 Å². The topological polar surface area (TPSA) is 43.1 Å². The molecule has 18 heavy (non-hydrogen) atoms. The Bertz CT molecular complexity index is 766. The normalized spacial score (nSPS) is 10.7. The molecule has 0 aliphatic rings. The van der Waals surface area contributed by atoms with Gasteiger partial charge in [-0.2, -0.15) is 0 Å². The molecule has 3 nitrogen and oxygen atoms in total. The molecule has 1 aromatic carbocycles. The van der Waals surface area contributed by atoms with Crippen molar-refractivity contribution in [2.24, 2.45) is 0 Å². The Morgan fingerprint density at radius 2 is 2.00 bits per heavy atom. The van der Waals surface area contributed by atoms with Gasteiger partial charge in [0.15, 0.2) is 0 Å². The molecule has 0 spiro atoms. The molecule has 0 fully saturated rings. The molecule has 0 atom stereocenters. The molecule has 0 unspecified atom stereocenters. The van der Waals surface area contributed by atoms with Gasteiger partial charge in [0, 0.05) is 16.6 Å². The van der Waals surface area contributed by atoms with E-state index in [-0.39, 0.29) is 0 Å². The smallest absolute Gasteiger partial charge is 0.345 e. The van der Waals surface area contributed by atoms with Crippen LogP contribution in [0.15, 0.2) is 57.9 Å². The third-order valence-electron chi connectivity index (χ3n) is 2.64. The van der Waals surface area contributed by atoms with Crippen LogP contribution in [0.5, 0.6) is 0 Å². The van der Waals surface area contributed by atoms with Crippen molar-refractivity contribution in [3.8, 4) is 11.3 Å². The molecule has 0 aliphatic carbocycles. The summed E-state index contributed by atoms with van der Waals surface area (Å²) in [4.78, 5) is 16.0. The Hall–Kier alpha value is -2.13. The monoisotopic (exact) mass is 257 g/mol. The highest BCUT2D eigenvalue weighted by atomic mass is 35.5. The number of rotatable bonds is 1. The lowest BCUT2D eigenvalue weighted by atomic mass is 10.1. The zero-order valence-electron chi connectivity index (χ0n) is 9.26. The van der Waals surface area contributed by atoms with Crippen LogP contribution in [-0.2, 0) is 0 Å². The number of pyridine rings is 1. The highest BCUT2D eigenvalue weighted by molar-refractivity contribution is 6.31. The van der Waals surface area contributed by atoms with Crippen molar-refractivity contribution in [1.82, 2.24) is 4.98 Å². The molecule has 0 saturated carbocycles. The third kappa shape index (κ3) is 1.89. The molecule has 0 N–H and O–H groups in total. The van der Waals surface area contributed by atoms with Crippen LogP contribution in [0.25, 0.3) is 22.2 Å². The standard InChI is InChI=1S/C14H8ClNO2/c15-10-4-5-13-9(7-10)8-11(14(17)18-13)12-3-1-2-6-16-12/h1-8H. The van der Waals surface area contributed by atoms with Gasteiger partial charge in [-0.1, -0.05) is 17.7 Å². The number of benzene rings is 1. The van der Waals surface area contributed by atoms with Crippen molar-refractivity contribution in [2.45, 2.75) is 0 Å². The van der Waals surface area contributed by atoms with Crippen LogP contribution < -0.4 is 5.63 Å². The fourth-order valence-corrected chi connectivity index (χ4v) is 1.98. The van der Waals surface area contributed by atoms with Gasteiger partial charge in [0.25, 0.3) is 0 Å². The number of halogens is 1. The second-order valence-corrected chi connectivity index (χ2v) is 4.28. The largest absolute Gasteiger partial charge is 0.422 e. The summed E-state index contributed by atoms with van der Waals surface area (Å²) >= 11 is 5.92. The van der Waals surface area contributed by atoms with Crippen molar-refractivity contribution in [3.05, 3.63) is 64.1 Å². The van der Waals surface area contributed by atoms with E-state index in [9.17, 15) is 4.79 Å². The van der Waals surface area contributed by atoms with Crippen molar-refractivity contribution in [3.63, 3.8) is 0 Å². The average molecular weight is 258 g/mol. The first-order valence-electron chi connectivity index (χ1n) is 5.39. The van der Waals surface area contributed by atoms with E-state index in [1.165, 1.54) is 0 Å². The average Bonchev–Trinajstić information content (AvgIpc) is 2.39. The molecule has 0 amide bonds. The lowest BCUT2D eigenvalue weighted by Gasteiger charge is -2.01. The van der Waals surface area contributed by atoms with E-state index in [2.05, 4.69) is 4.98 Å². The molecular weight excluding hydrogens is 250 g/mol. The van der Waals surface area contributed by atoms with Gasteiger partial charge in [0.1, 0.15) is 5.58 Å². The molecule has 0 radical (unpaired) electrons. The minimum Gasteiger partial charge on any atom is -0.422 e. The number of aromatic nitrogens is 1. The highest BCUT2D eigenvalue weighted by Crippen LogP contribution is 2.22. The predicted octanol–water partition coefficient (Wildman–Crippen LogP) is 3.51. The Morgan fingerprint density at radius 3 is 2.78 bits per heavy atom. The molecule has 2 heterocycles. The van der Waals surface area contributed by atoms with Crippen LogP contribution in [0.3, 0.4) is 0 Å². The summed E-state index contributed by atoms with van der Waals surface area (Å²) in [6, 6.07) is 12.3. The second-order valence-electron chi connectivity index (χ2n) is 3.84. The number of hydrogen-bond acceptors (Lipinski definition) is 3. The number of fused-ring (bicyclic) bond motifs is 1. The molecule has 3 aromatic rings. The molecule has 4 heteroatoms. The fraction of sp³-hybridized carbons (Fsp3) is 0. The van der Waals surface area contributed by atoms with Crippen LogP contribution >= 0.6 is 11.6 Å². The van der Waals surface area contributed by atoms with E-state index in [1.54, 1.807) is 42.6 Å². The van der Waals surface area contributed by atoms with Gasteiger partial charge in [-0.3, -0.25) is 4.98 Å². The van der Waals surface area contributed by atoms with E-state index >= 15 is 0 Å². The summed E-state index contributed by atoms with van der Waals surface area (Å²) in [5.41, 5.74) is 1.14. The maximum absolute atomic E-state index is 11.9. The van der Waals surface area contributed by atoms with Crippen molar-refractivity contribution in [2.75, 3.05) is 0 Å². The minimum absolute atomic E-state index is 0.400. The van der Waals surface area contributed by atoms with Crippen molar-refractivity contribution >= 4 is 22.6 Å². The Kier molecular flexibility index (Phi) is 2.61. The first-order valence-corrected chi connectivity index (χ1v) is 5.77. The first kappa shape index (κ1) is 11.0. The first-order chi connectivity index (χ1) is 8.74. The van der Waals surface area contributed by atoms with E-state index in [0.29, 0.717) is 21.9 Å². The van der Waals surface area contributed by atoms with Gasteiger partial charge in [-0.15, -0.1) is 0 Å². The highest BCUT2D eigenvalue weighted by Gasteiger charge is 2.08. The van der Waals surface area contributed by atoms with Crippen LogP contribution in [0.2, 0.25) is 5.02 Å². The van der Waals surface area contributed by atoms with E-state index in [4.69, 9.17) is 16.0 Å². The van der Waals surface area contributed by atoms with E-state index in [0.717, 1.165) is 5.39 Å². The van der Waals surface area contributed by atoms with Gasteiger partial charge >= 0.3 is 5.63 Å². The van der Waals surface area contributed by atoms with Crippen LogP contribution in [-0.4, -0.2) is 4.98 Å². The molecular formula is C14H8ClNO2. The summed E-state index contributed by atoms with van der Waals surface area (Å²) in [7, 11) is 0. The lowest BCUT2D eigenvalue weighted by Crippen LogP contribution is -2.03. The Morgan fingerprint density at radius 1 is 1.11 bits per heavy atom. The number of nitrogens with zero attached hydrogens (tertiary/aromatic N) is 1. The van der Waals surface area contributed by atoms with E-state index < -0.39 is 5.63 Å². The molecule has 3 rings (SSSR count). The summed E-state index contributed by atoms with van der Waals surface area (Å²) in [5.74, 6) is 0. The van der Waals surface area contributed by atoms with Crippen molar-refractivity contribution < 1.29 is 4.42 Å². The Balaban J connectivity index is 2.31. The molecule has 88 valence electrons. The number of hydrogen-bond donors (Lipinski definition) is 0. The van der Waals surface area contributed by atoms with Crippen molar-refractivity contribution in [1.29, 1.82) is 0 Å². The van der Waals surface area contributed by atoms with E-state index in [1.807, 2.05) is 6.07 Å². The quantitative estimate of drug-likeness (QED) is 0.627. The van der Waals surface area contributed by atoms with Gasteiger partial charge in [0.05, 0.1) is 11.3 Å². The van der Waals surface area contributed by atoms with Gasteiger partial charge in [0.2, 0.25) is 0 Å². The second kappa shape index (κ2) is 4.27. The maximum Gasteiger partial charge on any atom is 0.345 e. The fourth-order valence-electron chi connectivity index (χ4n) is 1.79. The summed E-state index contributed by atoms with van der Waals surface area (Å²) in [5, 5.41) is 1.38. The third-order valence-corrected chi connectivity index (χ3v) is 2.87. The Labute approximate surface area is 108 Å². The zero-order chi connectivity index (χ0) is 12.5. The zero-order valence-corrected chi connectivity index (χ0v) is 10.0. The molecule has 2 aromatic heterocycles. The molecule has 0 bridgehead atoms. The maximum atomic E-state index is 11.9. The van der Waals surface area contributed by atoms with Crippen LogP contribution in [0, 0.1) is 0 Å². The van der Waals surface area contributed by atoms with Crippen LogP contribution in [0.1, 0.15) is 0 Å². The predicted molar refractivity (Wildman–Crippen MR) is 70.7 cm³/mol. The minimum atomic E-state index is -0.400.